The molecule has 3 N–H and O–H groups in total. The zero-order valence-electron chi connectivity index (χ0n) is 10.4. The number of anilines is 1. The first kappa shape index (κ1) is 14.7. The normalized spacial score (nSPS) is 12.4. The molecule has 0 saturated carbocycles. The maximum Gasteiger partial charge on any atom is 0.329 e. The Balaban J connectivity index is 2.24. The highest BCUT2D eigenvalue weighted by Crippen LogP contribution is 2.07. The quantitative estimate of drug-likeness (QED) is 0.735. The van der Waals surface area contributed by atoms with Gasteiger partial charge in [-0.2, -0.15) is 0 Å². The topological polar surface area (TPSA) is 99.3 Å². The lowest BCUT2D eigenvalue weighted by atomic mass is 10.3. The van der Waals surface area contributed by atoms with Crippen LogP contribution in [-0.4, -0.2) is 22.0 Å². The Hall–Kier alpha value is -2.74. The highest BCUT2D eigenvalue weighted by atomic mass is 32.1. The van der Waals surface area contributed by atoms with Gasteiger partial charge in [-0.05, 0) is 24.3 Å². The number of hydrogen-bond donors (Lipinski definition) is 3. The second-order valence-corrected chi connectivity index (χ2v) is 4.99. The van der Waals surface area contributed by atoms with Crippen LogP contribution < -0.4 is 20.1 Å². The number of carbonyl (C=O) groups excluding carboxylic acids is 1. The van der Waals surface area contributed by atoms with Crippen molar-refractivity contribution in [1.29, 1.82) is 0 Å². The molecule has 0 bridgehead atoms. The number of rotatable bonds is 3. The Morgan fingerprint density at radius 3 is 2.52 bits per heavy atom. The molecular formula is C13H9FN2O4S. The van der Waals surface area contributed by atoms with Gasteiger partial charge in [0.15, 0.2) is 0 Å². The molecule has 2 aromatic rings. The molecule has 108 valence electrons. The molecule has 0 fully saturated rings. The number of hydrogen-bond acceptors (Lipinski definition) is 4. The smallest absolute Gasteiger partial charge is 0.329 e. The van der Waals surface area contributed by atoms with E-state index in [-0.39, 0.29) is 9.20 Å². The third kappa shape index (κ3) is 4.11. The van der Waals surface area contributed by atoms with Crippen molar-refractivity contribution >= 4 is 41.1 Å². The van der Waals surface area contributed by atoms with Crippen LogP contribution in [0.25, 0.3) is 12.2 Å². The highest BCUT2D eigenvalue weighted by molar-refractivity contribution is 7.07. The number of halogens is 1. The number of carbonyl (C=O) groups is 2. The van der Waals surface area contributed by atoms with Crippen LogP contribution in [0.4, 0.5) is 10.1 Å². The van der Waals surface area contributed by atoms with Crippen molar-refractivity contribution in [2.75, 3.05) is 5.32 Å². The van der Waals surface area contributed by atoms with Crippen LogP contribution >= 0.6 is 11.3 Å². The van der Waals surface area contributed by atoms with Gasteiger partial charge in [0.1, 0.15) is 15.0 Å². The van der Waals surface area contributed by atoms with Crippen molar-refractivity contribution in [3.8, 4) is 0 Å². The zero-order chi connectivity index (χ0) is 15.4. The average Bonchev–Trinajstić information content (AvgIpc) is 2.71. The third-order valence-corrected chi connectivity index (χ3v) is 3.27. The monoisotopic (exact) mass is 308 g/mol. The number of aromatic nitrogens is 1. The van der Waals surface area contributed by atoms with E-state index in [1.807, 2.05) is 0 Å². The molecule has 1 aromatic heterocycles. The van der Waals surface area contributed by atoms with Crippen molar-refractivity contribution in [1.82, 2.24) is 4.98 Å². The molecule has 0 aliphatic heterocycles. The number of benzene rings is 1. The fourth-order valence-corrected chi connectivity index (χ4v) is 2.32. The molecule has 0 unspecified atom stereocenters. The molecule has 0 radical (unpaired) electrons. The number of H-pyrrole nitrogens is 1. The van der Waals surface area contributed by atoms with E-state index >= 15 is 0 Å². The van der Waals surface area contributed by atoms with E-state index < -0.39 is 23.3 Å². The lowest BCUT2D eigenvalue weighted by Gasteiger charge is -2.00. The van der Waals surface area contributed by atoms with Crippen LogP contribution in [0.15, 0.2) is 29.1 Å². The van der Waals surface area contributed by atoms with Gasteiger partial charge < -0.3 is 15.4 Å². The van der Waals surface area contributed by atoms with Gasteiger partial charge in [-0.1, -0.05) is 0 Å². The summed E-state index contributed by atoms with van der Waals surface area (Å²) >= 11 is 0.848. The average molecular weight is 308 g/mol. The molecule has 0 spiro atoms. The van der Waals surface area contributed by atoms with Crippen molar-refractivity contribution in [3.05, 3.63) is 49.6 Å². The molecule has 0 aliphatic rings. The summed E-state index contributed by atoms with van der Waals surface area (Å²) in [7, 11) is 0. The van der Waals surface area contributed by atoms with Crippen LogP contribution in [-0.2, 0) is 9.59 Å². The Labute approximate surface area is 120 Å². The summed E-state index contributed by atoms with van der Waals surface area (Å²) in [6.45, 7) is 0. The molecular weight excluding hydrogens is 299 g/mol. The molecule has 8 heteroatoms. The number of carboxylic acid groups (broad SMARTS) is 1. The molecule has 21 heavy (non-hydrogen) atoms. The predicted molar refractivity (Wildman–Crippen MR) is 75.8 cm³/mol. The molecule has 0 aliphatic carbocycles. The van der Waals surface area contributed by atoms with Gasteiger partial charge in [0.2, 0.25) is 0 Å². The van der Waals surface area contributed by atoms with Crippen LogP contribution in [0.5, 0.6) is 0 Å². The van der Waals surface area contributed by atoms with Crippen molar-refractivity contribution in [2.24, 2.45) is 0 Å². The number of aliphatic carboxylic acids is 1. The van der Waals surface area contributed by atoms with Gasteiger partial charge in [-0.25, -0.2) is 9.18 Å². The molecule has 0 saturated heterocycles. The van der Waals surface area contributed by atoms with Crippen LogP contribution in [0, 0.1) is 5.82 Å². The zero-order valence-corrected chi connectivity index (χ0v) is 11.2. The summed E-state index contributed by atoms with van der Waals surface area (Å²) in [6.07, 6.45) is 1.88. The van der Waals surface area contributed by atoms with Crippen LogP contribution in [0.3, 0.4) is 0 Å². The summed E-state index contributed by atoms with van der Waals surface area (Å²) in [5.74, 6) is -2.20. The minimum Gasteiger partial charge on any atom is -0.478 e. The third-order valence-electron chi connectivity index (χ3n) is 2.31. The van der Waals surface area contributed by atoms with E-state index in [4.69, 9.17) is 5.11 Å². The molecule has 6 nitrogen and oxygen atoms in total. The van der Waals surface area contributed by atoms with E-state index in [9.17, 15) is 18.8 Å². The minimum atomic E-state index is -1.25. The summed E-state index contributed by atoms with van der Waals surface area (Å²) in [5.41, 5.74) is -0.183. The SMILES string of the molecule is O=C(O)C=c1sc(=CC(=O)Nc2ccc(F)cc2)[nH]c1=O. The van der Waals surface area contributed by atoms with E-state index in [0.717, 1.165) is 23.5 Å². The van der Waals surface area contributed by atoms with Crippen LogP contribution in [0.1, 0.15) is 0 Å². The van der Waals surface area contributed by atoms with Crippen molar-refractivity contribution in [2.45, 2.75) is 0 Å². The second-order valence-electron chi connectivity index (χ2n) is 3.91. The van der Waals surface area contributed by atoms with Gasteiger partial charge in [0.25, 0.3) is 11.5 Å². The standard InChI is InChI=1S/C13H9FN2O4S/c14-7-1-3-8(4-2-7)15-10(17)6-11-16-13(20)9(21-11)5-12(18)19/h1-6H,(H,15,17)(H,16,20)(H,18,19). The van der Waals surface area contributed by atoms with Gasteiger partial charge in [-0.3, -0.25) is 9.59 Å². The van der Waals surface area contributed by atoms with Crippen molar-refractivity contribution < 1.29 is 19.1 Å². The largest absolute Gasteiger partial charge is 0.478 e. The first-order valence-corrected chi connectivity index (χ1v) is 6.48. The van der Waals surface area contributed by atoms with Gasteiger partial charge in [0, 0.05) is 17.8 Å². The van der Waals surface area contributed by atoms with E-state index in [0.29, 0.717) is 5.69 Å². The summed E-state index contributed by atoms with van der Waals surface area (Å²) in [6, 6.07) is 5.18. The molecule has 1 aromatic carbocycles. The molecule has 0 atom stereocenters. The van der Waals surface area contributed by atoms with E-state index in [1.165, 1.54) is 24.3 Å². The number of amides is 1. The Morgan fingerprint density at radius 1 is 1.24 bits per heavy atom. The Kier molecular flexibility index (Phi) is 4.29. The predicted octanol–water partition coefficient (Wildman–Crippen LogP) is -0.140. The van der Waals surface area contributed by atoms with E-state index in [1.54, 1.807) is 0 Å². The van der Waals surface area contributed by atoms with Gasteiger partial charge >= 0.3 is 5.97 Å². The lowest BCUT2D eigenvalue weighted by molar-refractivity contribution is -0.129. The molecule has 1 heterocycles. The lowest BCUT2D eigenvalue weighted by Crippen LogP contribution is -2.21. The Morgan fingerprint density at radius 2 is 1.90 bits per heavy atom. The van der Waals surface area contributed by atoms with Gasteiger partial charge in [-0.15, -0.1) is 11.3 Å². The maximum absolute atomic E-state index is 12.7. The summed E-state index contributed by atoms with van der Waals surface area (Å²) < 4.78 is 12.9. The number of aromatic amines is 1. The number of carboxylic acids is 1. The fourth-order valence-electron chi connectivity index (χ4n) is 1.47. The summed E-state index contributed by atoms with van der Waals surface area (Å²) in [5, 5.41) is 11.1. The van der Waals surface area contributed by atoms with Crippen LogP contribution in [0.2, 0.25) is 0 Å². The molecule has 2 rings (SSSR count). The molecule has 1 amide bonds. The minimum absolute atomic E-state index is 0.0108. The fraction of sp³-hybridized carbons (Fsp3) is 0. The van der Waals surface area contributed by atoms with E-state index in [2.05, 4.69) is 10.3 Å². The first-order chi connectivity index (χ1) is 9.94. The highest BCUT2D eigenvalue weighted by Gasteiger charge is 2.01. The van der Waals surface area contributed by atoms with Crippen molar-refractivity contribution in [3.63, 3.8) is 0 Å². The number of thiazole rings is 1. The maximum atomic E-state index is 12.7. The summed E-state index contributed by atoms with van der Waals surface area (Å²) in [4.78, 5) is 36.0. The Bertz CT molecular complexity index is 852. The van der Waals surface area contributed by atoms with Gasteiger partial charge in [0.05, 0.1) is 0 Å². The number of nitrogens with one attached hydrogen (secondary N) is 2. The first-order valence-electron chi connectivity index (χ1n) is 5.66. The second kappa shape index (κ2) is 6.14.